The van der Waals surface area contributed by atoms with Gasteiger partial charge in [-0.25, -0.2) is 0 Å². The molecule has 0 saturated carbocycles. The van der Waals surface area contributed by atoms with E-state index in [1.54, 1.807) is 14.2 Å². The van der Waals surface area contributed by atoms with E-state index in [4.69, 9.17) is 9.47 Å². The summed E-state index contributed by atoms with van der Waals surface area (Å²) in [5.74, 6) is 1.51. The average molecular weight is 251 g/mol. The number of hydrogen-bond donors (Lipinski definition) is 1. The number of rotatable bonds is 8. The molecule has 3 heteroatoms. The Morgan fingerprint density at radius 1 is 1.22 bits per heavy atom. The molecule has 2 atom stereocenters. The average Bonchev–Trinajstić information content (AvgIpc) is 2.39. The molecule has 0 radical (unpaired) electrons. The van der Waals surface area contributed by atoms with E-state index in [0.717, 1.165) is 25.3 Å². The summed E-state index contributed by atoms with van der Waals surface area (Å²) < 4.78 is 10.3. The first-order valence-corrected chi connectivity index (χ1v) is 6.52. The van der Waals surface area contributed by atoms with E-state index in [9.17, 15) is 0 Å². The van der Waals surface area contributed by atoms with Crippen LogP contribution in [0.1, 0.15) is 19.4 Å². The SMILES string of the molecule is COCCNC(C)C(C)Cc1cccc(OC)c1. The van der Waals surface area contributed by atoms with E-state index in [-0.39, 0.29) is 0 Å². The van der Waals surface area contributed by atoms with E-state index in [1.807, 2.05) is 12.1 Å². The Labute approximate surface area is 110 Å². The third-order valence-electron chi connectivity index (χ3n) is 3.32. The van der Waals surface area contributed by atoms with Crippen LogP contribution >= 0.6 is 0 Å². The summed E-state index contributed by atoms with van der Waals surface area (Å²) in [6.07, 6.45) is 1.05. The van der Waals surface area contributed by atoms with E-state index >= 15 is 0 Å². The van der Waals surface area contributed by atoms with Gasteiger partial charge in [0.05, 0.1) is 13.7 Å². The van der Waals surface area contributed by atoms with Gasteiger partial charge in [0, 0.05) is 19.7 Å². The van der Waals surface area contributed by atoms with Gasteiger partial charge in [-0.3, -0.25) is 0 Å². The highest BCUT2D eigenvalue weighted by atomic mass is 16.5. The molecule has 0 amide bonds. The molecule has 0 spiro atoms. The molecule has 2 unspecified atom stereocenters. The summed E-state index contributed by atoms with van der Waals surface area (Å²) in [5, 5.41) is 3.48. The van der Waals surface area contributed by atoms with Crippen molar-refractivity contribution in [1.82, 2.24) is 5.32 Å². The number of ether oxygens (including phenoxy) is 2. The maximum Gasteiger partial charge on any atom is 0.119 e. The van der Waals surface area contributed by atoms with Gasteiger partial charge in [-0.1, -0.05) is 19.1 Å². The lowest BCUT2D eigenvalue weighted by Gasteiger charge is -2.21. The maximum absolute atomic E-state index is 5.24. The first-order chi connectivity index (χ1) is 8.67. The van der Waals surface area contributed by atoms with Gasteiger partial charge in [-0.05, 0) is 37.0 Å². The van der Waals surface area contributed by atoms with Crippen LogP contribution < -0.4 is 10.1 Å². The third kappa shape index (κ3) is 5.07. The molecule has 0 aliphatic heterocycles. The van der Waals surface area contributed by atoms with Crippen LogP contribution in [0.2, 0.25) is 0 Å². The van der Waals surface area contributed by atoms with E-state index in [2.05, 4.69) is 31.3 Å². The molecule has 0 aliphatic rings. The van der Waals surface area contributed by atoms with Crippen molar-refractivity contribution < 1.29 is 9.47 Å². The van der Waals surface area contributed by atoms with Crippen LogP contribution in [-0.2, 0) is 11.2 Å². The summed E-state index contributed by atoms with van der Waals surface area (Å²) in [4.78, 5) is 0. The van der Waals surface area contributed by atoms with Gasteiger partial charge in [0.15, 0.2) is 0 Å². The van der Waals surface area contributed by atoms with Crippen molar-refractivity contribution in [3.8, 4) is 5.75 Å². The highest BCUT2D eigenvalue weighted by Crippen LogP contribution is 2.17. The Morgan fingerprint density at radius 2 is 2.00 bits per heavy atom. The number of nitrogens with one attached hydrogen (secondary N) is 1. The number of benzene rings is 1. The van der Waals surface area contributed by atoms with Gasteiger partial charge in [0.2, 0.25) is 0 Å². The highest BCUT2D eigenvalue weighted by molar-refractivity contribution is 5.28. The quantitative estimate of drug-likeness (QED) is 0.720. The molecule has 0 aromatic heterocycles. The minimum atomic E-state index is 0.478. The Morgan fingerprint density at radius 3 is 2.67 bits per heavy atom. The van der Waals surface area contributed by atoms with Crippen molar-refractivity contribution >= 4 is 0 Å². The van der Waals surface area contributed by atoms with Crippen molar-refractivity contribution in [2.24, 2.45) is 5.92 Å². The minimum Gasteiger partial charge on any atom is -0.497 e. The number of methoxy groups -OCH3 is 2. The van der Waals surface area contributed by atoms with Gasteiger partial charge < -0.3 is 14.8 Å². The first-order valence-electron chi connectivity index (χ1n) is 6.52. The van der Waals surface area contributed by atoms with Crippen LogP contribution in [0.5, 0.6) is 5.75 Å². The molecule has 0 saturated heterocycles. The molecule has 1 rings (SSSR count). The fourth-order valence-electron chi connectivity index (χ4n) is 1.94. The minimum absolute atomic E-state index is 0.478. The largest absolute Gasteiger partial charge is 0.497 e. The second kappa shape index (κ2) is 8.11. The summed E-state index contributed by atoms with van der Waals surface area (Å²) in [6.45, 7) is 6.15. The van der Waals surface area contributed by atoms with Gasteiger partial charge in [0.1, 0.15) is 5.75 Å². The Kier molecular flexibility index (Phi) is 6.76. The van der Waals surface area contributed by atoms with E-state index < -0.39 is 0 Å². The molecular weight excluding hydrogens is 226 g/mol. The predicted molar refractivity (Wildman–Crippen MR) is 75.2 cm³/mol. The monoisotopic (exact) mass is 251 g/mol. The zero-order valence-corrected chi connectivity index (χ0v) is 11.9. The highest BCUT2D eigenvalue weighted by Gasteiger charge is 2.12. The van der Waals surface area contributed by atoms with Gasteiger partial charge >= 0.3 is 0 Å². The molecule has 1 aromatic carbocycles. The third-order valence-corrected chi connectivity index (χ3v) is 3.32. The van der Waals surface area contributed by atoms with Crippen molar-refractivity contribution in [3.63, 3.8) is 0 Å². The first kappa shape index (κ1) is 15.0. The lowest BCUT2D eigenvalue weighted by atomic mass is 9.95. The fraction of sp³-hybridized carbons (Fsp3) is 0.600. The molecule has 1 aromatic rings. The lowest BCUT2D eigenvalue weighted by molar-refractivity contribution is 0.192. The van der Waals surface area contributed by atoms with E-state index in [0.29, 0.717) is 12.0 Å². The summed E-state index contributed by atoms with van der Waals surface area (Å²) in [5.41, 5.74) is 1.32. The molecule has 3 nitrogen and oxygen atoms in total. The topological polar surface area (TPSA) is 30.5 Å². The van der Waals surface area contributed by atoms with Crippen LogP contribution in [0.4, 0.5) is 0 Å². The molecule has 18 heavy (non-hydrogen) atoms. The molecule has 102 valence electrons. The molecule has 0 heterocycles. The van der Waals surface area contributed by atoms with Crippen LogP contribution in [0.15, 0.2) is 24.3 Å². The summed E-state index contributed by atoms with van der Waals surface area (Å²) in [6, 6.07) is 8.77. The van der Waals surface area contributed by atoms with Crippen molar-refractivity contribution in [2.75, 3.05) is 27.4 Å². The lowest BCUT2D eigenvalue weighted by Crippen LogP contribution is -2.35. The zero-order valence-electron chi connectivity index (χ0n) is 11.9. The Bertz CT molecular complexity index is 341. The second-order valence-corrected chi connectivity index (χ2v) is 4.77. The van der Waals surface area contributed by atoms with E-state index in [1.165, 1.54) is 5.56 Å². The van der Waals surface area contributed by atoms with Gasteiger partial charge in [0.25, 0.3) is 0 Å². The maximum atomic E-state index is 5.24. The van der Waals surface area contributed by atoms with Crippen molar-refractivity contribution in [3.05, 3.63) is 29.8 Å². The molecule has 0 bridgehead atoms. The van der Waals surface area contributed by atoms with Crippen LogP contribution in [0, 0.1) is 5.92 Å². The molecule has 0 fully saturated rings. The van der Waals surface area contributed by atoms with Crippen LogP contribution in [0.3, 0.4) is 0 Å². The van der Waals surface area contributed by atoms with Crippen LogP contribution in [-0.4, -0.2) is 33.4 Å². The normalized spacial score (nSPS) is 14.2. The van der Waals surface area contributed by atoms with Gasteiger partial charge in [-0.15, -0.1) is 0 Å². The zero-order chi connectivity index (χ0) is 13.4. The summed E-state index contributed by atoms with van der Waals surface area (Å²) in [7, 11) is 3.43. The second-order valence-electron chi connectivity index (χ2n) is 4.77. The van der Waals surface area contributed by atoms with Crippen molar-refractivity contribution in [2.45, 2.75) is 26.3 Å². The summed E-state index contributed by atoms with van der Waals surface area (Å²) >= 11 is 0. The molecule has 1 N–H and O–H groups in total. The smallest absolute Gasteiger partial charge is 0.119 e. The standard InChI is InChI=1S/C15H25NO2/c1-12(13(2)16-8-9-17-3)10-14-6-5-7-15(11-14)18-4/h5-7,11-13,16H,8-10H2,1-4H3. The predicted octanol–water partition coefficient (Wildman–Crippen LogP) is 2.50. The Hall–Kier alpha value is -1.06. The van der Waals surface area contributed by atoms with Gasteiger partial charge in [-0.2, -0.15) is 0 Å². The molecule has 0 aliphatic carbocycles. The fourth-order valence-corrected chi connectivity index (χ4v) is 1.94. The van der Waals surface area contributed by atoms with Crippen LogP contribution in [0.25, 0.3) is 0 Å². The number of hydrogen-bond acceptors (Lipinski definition) is 3. The molecular formula is C15H25NO2. The Balaban J connectivity index is 2.44. The van der Waals surface area contributed by atoms with Crippen molar-refractivity contribution in [1.29, 1.82) is 0 Å².